The number of likely N-dealkylation sites (tertiary alicyclic amines) is 1. The van der Waals surface area contributed by atoms with Gasteiger partial charge in [0.1, 0.15) is 11.1 Å². The quantitative estimate of drug-likeness (QED) is 0.939. The van der Waals surface area contributed by atoms with E-state index in [0.29, 0.717) is 23.2 Å². The number of carbonyl (C=O) groups excluding carboxylic acids is 1. The summed E-state index contributed by atoms with van der Waals surface area (Å²) in [6.07, 6.45) is 2.23. The molecule has 0 radical (unpaired) electrons. The first-order chi connectivity index (χ1) is 10.3. The van der Waals surface area contributed by atoms with E-state index in [4.69, 9.17) is 5.26 Å². The molecular weight excluding hydrogens is 302 g/mol. The molecule has 0 aromatic carbocycles. The van der Waals surface area contributed by atoms with E-state index in [9.17, 15) is 4.79 Å². The van der Waals surface area contributed by atoms with Crippen LogP contribution in [0.3, 0.4) is 0 Å². The maximum atomic E-state index is 12.2. The highest BCUT2D eigenvalue weighted by Gasteiger charge is 2.28. The van der Waals surface area contributed by atoms with Gasteiger partial charge in [0.15, 0.2) is 0 Å². The van der Waals surface area contributed by atoms with Crippen molar-refractivity contribution in [3.05, 3.63) is 39.4 Å². The molecule has 3 heterocycles. The Morgan fingerprint density at radius 1 is 1.43 bits per heavy atom. The minimum atomic E-state index is -0.0441. The third-order valence-corrected chi connectivity index (χ3v) is 5.42. The molecule has 2 aromatic heterocycles. The van der Waals surface area contributed by atoms with Crippen LogP contribution in [0.2, 0.25) is 0 Å². The summed E-state index contributed by atoms with van der Waals surface area (Å²) in [5.41, 5.74) is 0.532. The minimum absolute atomic E-state index is 0.0441. The summed E-state index contributed by atoms with van der Waals surface area (Å²) in [6.45, 7) is 1.33. The maximum Gasteiger partial charge on any atom is 0.239 e. The molecule has 1 aliphatic rings. The first-order valence-electron chi connectivity index (χ1n) is 6.83. The second kappa shape index (κ2) is 6.39. The van der Waals surface area contributed by atoms with E-state index in [1.807, 2.05) is 5.38 Å². The lowest BCUT2D eigenvalue weighted by Crippen LogP contribution is -2.32. The van der Waals surface area contributed by atoms with Gasteiger partial charge in [-0.2, -0.15) is 5.26 Å². The second-order valence-corrected chi connectivity index (χ2v) is 6.86. The van der Waals surface area contributed by atoms with Crippen molar-refractivity contribution in [3.63, 3.8) is 0 Å². The second-order valence-electron chi connectivity index (χ2n) is 4.97. The molecule has 1 saturated heterocycles. The molecule has 1 fully saturated rings. The summed E-state index contributed by atoms with van der Waals surface area (Å²) in [5.74, 6) is -0.0441. The lowest BCUT2D eigenvalue weighted by Gasteiger charge is -2.22. The number of amides is 1. The molecule has 3 rings (SSSR count). The molecule has 0 spiro atoms. The molecule has 0 saturated carbocycles. The average Bonchev–Trinajstić information content (AvgIpc) is 3.18. The van der Waals surface area contributed by atoms with Crippen LogP contribution in [0.4, 0.5) is 5.00 Å². The number of rotatable bonds is 4. The predicted octanol–water partition coefficient (Wildman–Crippen LogP) is 3.46. The van der Waals surface area contributed by atoms with E-state index in [-0.39, 0.29) is 5.91 Å². The summed E-state index contributed by atoms with van der Waals surface area (Å²) in [7, 11) is 0. The fourth-order valence-corrected chi connectivity index (χ4v) is 4.31. The van der Waals surface area contributed by atoms with Crippen LogP contribution in [-0.4, -0.2) is 23.9 Å². The topological polar surface area (TPSA) is 56.1 Å². The van der Waals surface area contributed by atoms with Crippen molar-refractivity contribution in [2.75, 3.05) is 18.4 Å². The number of nitrogens with one attached hydrogen (secondary N) is 1. The molecule has 1 atom stereocenters. The lowest BCUT2D eigenvalue weighted by atomic mass is 10.2. The molecule has 1 unspecified atom stereocenters. The normalized spacial score (nSPS) is 18.5. The van der Waals surface area contributed by atoms with Crippen LogP contribution >= 0.6 is 22.7 Å². The van der Waals surface area contributed by atoms with E-state index < -0.39 is 0 Å². The minimum Gasteiger partial charge on any atom is -0.315 e. The zero-order chi connectivity index (χ0) is 14.7. The molecule has 0 aliphatic carbocycles. The molecule has 2 aromatic rings. The third kappa shape index (κ3) is 3.16. The van der Waals surface area contributed by atoms with E-state index in [0.717, 1.165) is 19.4 Å². The van der Waals surface area contributed by atoms with Crippen molar-refractivity contribution in [2.24, 2.45) is 0 Å². The number of thiophene rings is 2. The van der Waals surface area contributed by atoms with Crippen LogP contribution in [0.5, 0.6) is 0 Å². The summed E-state index contributed by atoms with van der Waals surface area (Å²) in [5, 5.41) is 16.4. The van der Waals surface area contributed by atoms with Gasteiger partial charge >= 0.3 is 0 Å². The smallest absolute Gasteiger partial charge is 0.239 e. The Hall–Kier alpha value is -1.68. The fourth-order valence-electron chi connectivity index (χ4n) is 2.66. The van der Waals surface area contributed by atoms with Crippen molar-refractivity contribution >= 4 is 33.6 Å². The van der Waals surface area contributed by atoms with Gasteiger partial charge in [0.05, 0.1) is 12.1 Å². The zero-order valence-corrected chi connectivity index (χ0v) is 13.0. The van der Waals surface area contributed by atoms with Crippen LogP contribution in [0, 0.1) is 11.3 Å². The number of hydrogen-bond acceptors (Lipinski definition) is 5. The van der Waals surface area contributed by atoms with E-state index in [2.05, 4.69) is 33.8 Å². The number of hydrogen-bond donors (Lipinski definition) is 1. The van der Waals surface area contributed by atoms with Gasteiger partial charge in [0.25, 0.3) is 0 Å². The average molecular weight is 317 g/mol. The Morgan fingerprint density at radius 3 is 3.10 bits per heavy atom. The van der Waals surface area contributed by atoms with E-state index >= 15 is 0 Å². The number of carbonyl (C=O) groups is 1. The van der Waals surface area contributed by atoms with Crippen LogP contribution < -0.4 is 5.32 Å². The van der Waals surface area contributed by atoms with Gasteiger partial charge in [0, 0.05) is 10.9 Å². The Morgan fingerprint density at radius 2 is 2.33 bits per heavy atom. The molecular formula is C15H15N3OS2. The van der Waals surface area contributed by atoms with Gasteiger partial charge in [-0.3, -0.25) is 9.69 Å². The van der Waals surface area contributed by atoms with Gasteiger partial charge in [-0.25, -0.2) is 0 Å². The standard InChI is InChI=1S/C15H15N3OS2/c16-9-11-5-8-21-15(11)17-14(19)10-18-6-1-3-12(18)13-4-2-7-20-13/h2,4-5,7-8,12H,1,3,6,10H2,(H,17,19). The monoisotopic (exact) mass is 317 g/mol. The molecule has 0 bridgehead atoms. The first kappa shape index (κ1) is 14.3. The van der Waals surface area contributed by atoms with Gasteiger partial charge in [-0.1, -0.05) is 6.07 Å². The maximum absolute atomic E-state index is 12.2. The van der Waals surface area contributed by atoms with Gasteiger partial charge in [-0.05, 0) is 42.3 Å². The van der Waals surface area contributed by atoms with Gasteiger partial charge in [-0.15, -0.1) is 22.7 Å². The highest BCUT2D eigenvalue weighted by Crippen LogP contribution is 2.34. The molecule has 1 N–H and O–H groups in total. The summed E-state index contributed by atoms with van der Waals surface area (Å²) in [6, 6.07) is 8.37. The van der Waals surface area contributed by atoms with Crippen LogP contribution in [0.1, 0.15) is 29.3 Å². The lowest BCUT2D eigenvalue weighted by molar-refractivity contribution is -0.117. The summed E-state index contributed by atoms with van der Waals surface area (Å²) < 4.78 is 0. The van der Waals surface area contributed by atoms with Crippen molar-refractivity contribution < 1.29 is 4.79 Å². The van der Waals surface area contributed by atoms with E-state index in [1.54, 1.807) is 17.4 Å². The number of anilines is 1. The Kier molecular flexibility index (Phi) is 4.34. The highest BCUT2D eigenvalue weighted by atomic mass is 32.1. The summed E-state index contributed by atoms with van der Waals surface area (Å²) >= 11 is 3.14. The molecule has 6 heteroatoms. The Bertz CT molecular complexity index is 657. The zero-order valence-electron chi connectivity index (χ0n) is 11.4. The third-order valence-electron chi connectivity index (χ3n) is 3.62. The van der Waals surface area contributed by atoms with Crippen molar-refractivity contribution in [1.29, 1.82) is 5.26 Å². The Balaban J connectivity index is 1.63. The van der Waals surface area contributed by atoms with E-state index in [1.165, 1.54) is 16.2 Å². The van der Waals surface area contributed by atoms with Crippen LogP contribution in [-0.2, 0) is 4.79 Å². The highest BCUT2D eigenvalue weighted by molar-refractivity contribution is 7.14. The molecule has 108 valence electrons. The fraction of sp³-hybridized carbons (Fsp3) is 0.333. The number of nitriles is 1. The molecule has 4 nitrogen and oxygen atoms in total. The number of nitrogens with zero attached hydrogens (tertiary/aromatic N) is 2. The predicted molar refractivity (Wildman–Crippen MR) is 85.5 cm³/mol. The molecule has 21 heavy (non-hydrogen) atoms. The van der Waals surface area contributed by atoms with Gasteiger partial charge < -0.3 is 5.32 Å². The Labute approximate surface area is 131 Å². The van der Waals surface area contributed by atoms with Crippen molar-refractivity contribution in [3.8, 4) is 6.07 Å². The summed E-state index contributed by atoms with van der Waals surface area (Å²) in [4.78, 5) is 15.7. The van der Waals surface area contributed by atoms with Gasteiger partial charge in [0.2, 0.25) is 5.91 Å². The van der Waals surface area contributed by atoms with Crippen molar-refractivity contribution in [1.82, 2.24) is 4.90 Å². The first-order valence-corrected chi connectivity index (χ1v) is 8.59. The van der Waals surface area contributed by atoms with Crippen LogP contribution in [0.15, 0.2) is 29.0 Å². The largest absolute Gasteiger partial charge is 0.315 e. The molecule has 1 amide bonds. The van der Waals surface area contributed by atoms with Crippen molar-refractivity contribution in [2.45, 2.75) is 18.9 Å². The van der Waals surface area contributed by atoms with Crippen LogP contribution in [0.25, 0.3) is 0 Å². The SMILES string of the molecule is N#Cc1ccsc1NC(=O)CN1CCCC1c1cccs1. The molecule has 1 aliphatic heterocycles.